The number of hydrogen-bond donors (Lipinski definition) is 2. The van der Waals surface area contributed by atoms with Crippen molar-refractivity contribution in [1.82, 2.24) is 5.32 Å². The summed E-state index contributed by atoms with van der Waals surface area (Å²) in [5.74, 6) is 0. The van der Waals surface area contributed by atoms with E-state index in [4.69, 9.17) is 0 Å². The SMILES string of the molecule is CCC1NCC(O)c2ccsc21. The van der Waals surface area contributed by atoms with E-state index in [-0.39, 0.29) is 6.10 Å². The predicted octanol–water partition coefficient (Wildman–Crippen LogP) is 1.84. The van der Waals surface area contributed by atoms with Gasteiger partial charge in [-0.05, 0) is 23.4 Å². The quantitative estimate of drug-likeness (QED) is 0.696. The summed E-state index contributed by atoms with van der Waals surface area (Å²) in [5.41, 5.74) is 1.13. The smallest absolute Gasteiger partial charge is 0.0925 e. The van der Waals surface area contributed by atoms with Gasteiger partial charge in [-0.1, -0.05) is 6.92 Å². The van der Waals surface area contributed by atoms with E-state index in [1.165, 1.54) is 4.88 Å². The van der Waals surface area contributed by atoms with Crippen LogP contribution in [0.25, 0.3) is 0 Å². The normalized spacial score (nSPS) is 28.5. The van der Waals surface area contributed by atoms with Crippen molar-refractivity contribution in [2.75, 3.05) is 6.54 Å². The molecule has 0 spiro atoms. The molecular weight excluding hydrogens is 170 g/mol. The lowest BCUT2D eigenvalue weighted by molar-refractivity contribution is 0.158. The van der Waals surface area contributed by atoms with Crippen molar-refractivity contribution in [2.24, 2.45) is 0 Å². The molecule has 0 radical (unpaired) electrons. The van der Waals surface area contributed by atoms with E-state index < -0.39 is 0 Å². The predicted molar refractivity (Wildman–Crippen MR) is 50.3 cm³/mol. The van der Waals surface area contributed by atoms with Crippen LogP contribution < -0.4 is 5.32 Å². The standard InChI is InChI=1S/C9H13NOS/c1-2-7-9-6(3-4-12-9)8(11)5-10-7/h3-4,7-8,10-11H,2,5H2,1H3. The van der Waals surface area contributed by atoms with E-state index in [0.29, 0.717) is 12.6 Å². The summed E-state index contributed by atoms with van der Waals surface area (Å²) in [6, 6.07) is 2.50. The monoisotopic (exact) mass is 183 g/mol. The highest BCUT2D eigenvalue weighted by Gasteiger charge is 2.24. The second-order valence-corrected chi connectivity index (χ2v) is 4.07. The van der Waals surface area contributed by atoms with Crippen LogP contribution in [0.15, 0.2) is 11.4 Å². The summed E-state index contributed by atoms with van der Waals surface area (Å²) < 4.78 is 0. The highest BCUT2D eigenvalue weighted by molar-refractivity contribution is 7.10. The van der Waals surface area contributed by atoms with Gasteiger partial charge in [-0.3, -0.25) is 0 Å². The molecule has 3 heteroatoms. The molecule has 2 unspecified atom stereocenters. The Morgan fingerprint density at radius 1 is 1.75 bits per heavy atom. The maximum atomic E-state index is 9.61. The molecule has 2 N–H and O–H groups in total. The molecule has 0 bridgehead atoms. The van der Waals surface area contributed by atoms with Crippen molar-refractivity contribution in [3.05, 3.63) is 21.9 Å². The molecule has 1 aliphatic heterocycles. The second kappa shape index (κ2) is 3.17. The average Bonchev–Trinajstić information content (AvgIpc) is 2.54. The van der Waals surface area contributed by atoms with Crippen LogP contribution in [0.2, 0.25) is 0 Å². The lowest BCUT2D eigenvalue weighted by Crippen LogP contribution is -2.31. The Bertz CT molecular complexity index is 271. The van der Waals surface area contributed by atoms with Crippen LogP contribution in [-0.4, -0.2) is 11.7 Å². The van der Waals surface area contributed by atoms with Crippen LogP contribution in [0.1, 0.15) is 35.9 Å². The molecule has 2 nitrogen and oxygen atoms in total. The highest BCUT2D eigenvalue weighted by atomic mass is 32.1. The van der Waals surface area contributed by atoms with Gasteiger partial charge in [0.05, 0.1) is 6.10 Å². The third kappa shape index (κ3) is 1.18. The van der Waals surface area contributed by atoms with Gasteiger partial charge in [-0.2, -0.15) is 0 Å². The van der Waals surface area contributed by atoms with E-state index >= 15 is 0 Å². The molecule has 0 amide bonds. The van der Waals surface area contributed by atoms with Gasteiger partial charge < -0.3 is 10.4 Å². The minimum Gasteiger partial charge on any atom is -0.387 e. The van der Waals surface area contributed by atoms with Crippen molar-refractivity contribution < 1.29 is 5.11 Å². The molecular formula is C9H13NOS. The molecule has 0 fully saturated rings. The number of β-amino-alcohol motifs (C(OH)–C–C–N with tert-alkyl or cyclic N) is 1. The van der Waals surface area contributed by atoms with Crippen LogP contribution in [0.3, 0.4) is 0 Å². The maximum Gasteiger partial charge on any atom is 0.0925 e. The van der Waals surface area contributed by atoms with Crippen LogP contribution >= 0.6 is 11.3 Å². The number of nitrogens with one attached hydrogen (secondary N) is 1. The molecule has 2 rings (SSSR count). The average molecular weight is 183 g/mol. The van der Waals surface area contributed by atoms with Crippen molar-refractivity contribution in [3.63, 3.8) is 0 Å². The molecule has 1 aliphatic rings. The molecule has 0 aliphatic carbocycles. The first-order valence-electron chi connectivity index (χ1n) is 4.31. The zero-order valence-corrected chi connectivity index (χ0v) is 7.90. The van der Waals surface area contributed by atoms with E-state index in [1.807, 2.05) is 6.07 Å². The zero-order valence-electron chi connectivity index (χ0n) is 7.08. The first-order chi connectivity index (χ1) is 5.83. The Balaban J connectivity index is 2.36. The minimum atomic E-state index is -0.297. The molecule has 0 aromatic carbocycles. The first kappa shape index (κ1) is 8.23. The summed E-state index contributed by atoms with van der Waals surface area (Å²) in [7, 11) is 0. The minimum absolute atomic E-state index is 0.297. The largest absolute Gasteiger partial charge is 0.387 e. The van der Waals surface area contributed by atoms with Crippen LogP contribution in [0.5, 0.6) is 0 Å². The van der Waals surface area contributed by atoms with E-state index in [9.17, 15) is 5.11 Å². The number of rotatable bonds is 1. The Morgan fingerprint density at radius 2 is 2.58 bits per heavy atom. The Hall–Kier alpha value is -0.380. The molecule has 12 heavy (non-hydrogen) atoms. The number of aliphatic hydroxyl groups excluding tert-OH is 1. The van der Waals surface area contributed by atoms with Crippen LogP contribution in [0, 0.1) is 0 Å². The Labute approximate surface area is 76.2 Å². The summed E-state index contributed by atoms with van der Waals surface area (Å²) in [6.07, 6.45) is 0.800. The molecule has 66 valence electrons. The van der Waals surface area contributed by atoms with Gasteiger partial charge >= 0.3 is 0 Å². The maximum absolute atomic E-state index is 9.61. The van der Waals surface area contributed by atoms with Gasteiger partial charge in [0.25, 0.3) is 0 Å². The first-order valence-corrected chi connectivity index (χ1v) is 5.19. The third-order valence-corrected chi connectivity index (χ3v) is 3.41. The molecule has 2 heterocycles. The van der Waals surface area contributed by atoms with Crippen molar-refractivity contribution >= 4 is 11.3 Å². The highest BCUT2D eigenvalue weighted by Crippen LogP contribution is 2.34. The van der Waals surface area contributed by atoms with Crippen LogP contribution in [0.4, 0.5) is 0 Å². The second-order valence-electron chi connectivity index (χ2n) is 3.13. The van der Waals surface area contributed by atoms with Gasteiger partial charge in [0, 0.05) is 17.5 Å². The van der Waals surface area contributed by atoms with Crippen LogP contribution in [-0.2, 0) is 0 Å². The summed E-state index contributed by atoms with van der Waals surface area (Å²) in [5, 5.41) is 15.0. The van der Waals surface area contributed by atoms with Crippen molar-refractivity contribution in [2.45, 2.75) is 25.5 Å². The van der Waals surface area contributed by atoms with E-state index in [0.717, 1.165) is 12.0 Å². The zero-order chi connectivity index (χ0) is 8.55. The van der Waals surface area contributed by atoms with Gasteiger partial charge in [-0.25, -0.2) is 0 Å². The Morgan fingerprint density at radius 3 is 3.33 bits per heavy atom. The lowest BCUT2D eigenvalue weighted by Gasteiger charge is -2.26. The Kier molecular flexibility index (Phi) is 2.17. The van der Waals surface area contributed by atoms with Gasteiger partial charge in [0.2, 0.25) is 0 Å². The topological polar surface area (TPSA) is 32.3 Å². The number of thiophene rings is 1. The molecule has 0 saturated heterocycles. The number of aliphatic hydroxyl groups is 1. The van der Waals surface area contributed by atoms with Gasteiger partial charge in [-0.15, -0.1) is 11.3 Å². The van der Waals surface area contributed by atoms with E-state index in [2.05, 4.69) is 17.6 Å². The summed E-state index contributed by atoms with van der Waals surface area (Å²) >= 11 is 1.74. The molecule has 2 atom stereocenters. The van der Waals surface area contributed by atoms with Gasteiger partial charge in [0.15, 0.2) is 0 Å². The van der Waals surface area contributed by atoms with E-state index in [1.54, 1.807) is 11.3 Å². The number of fused-ring (bicyclic) bond motifs is 1. The van der Waals surface area contributed by atoms with Crippen molar-refractivity contribution in [3.8, 4) is 0 Å². The third-order valence-electron chi connectivity index (χ3n) is 2.37. The molecule has 0 saturated carbocycles. The summed E-state index contributed by atoms with van der Waals surface area (Å²) in [6.45, 7) is 2.86. The van der Waals surface area contributed by atoms with Crippen molar-refractivity contribution in [1.29, 1.82) is 0 Å². The fourth-order valence-corrected chi connectivity index (χ4v) is 2.79. The summed E-state index contributed by atoms with van der Waals surface area (Å²) in [4.78, 5) is 1.32. The molecule has 1 aromatic rings. The van der Waals surface area contributed by atoms with Gasteiger partial charge in [0.1, 0.15) is 0 Å². The lowest BCUT2D eigenvalue weighted by atomic mass is 10.0. The molecule has 1 aromatic heterocycles. The fraction of sp³-hybridized carbons (Fsp3) is 0.556. The fourth-order valence-electron chi connectivity index (χ4n) is 1.68. The number of hydrogen-bond acceptors (Lipinski definition) is 3.